The molecule has 0 atom stereocenters. The molecule has 7 heteroatoms. The predicted octanol–water partition coefficient (Wildman–Crippen LogP) is 0.946. The second-order valence-corrected chi connectivity index (χ2v) is 4.52. The van der Waals surface area contributed by atoms with Crippen LogP contribution in [0.15, 0.2) is 11.2 Å². The highest BCUT2D eigenvalue weighted by Gasteiger charge is 2.20. The van der Waals surface area contributed by atoms with Gasteiger partial charge in [0, 0.05) is 6.54 Å². The number of nitrogens with two attached hydrogens (primary N) is 1. The standard InChI is InChI=1S/C13H21N5O2/c1-4-6-18(8-12(14)17-20)13(19)10-7-9(3)15-16-11(10)5-2/h7,20H,4-6,8H2,1-3H3,(H2,14,17). The monoisotopic (exact) mass is 279 g/mol. The van der Waals surface area contributed by atoms with Crippen LogP contribution in [0.25, 0.3) is 0 Å². The van der Waals surface area contributed by atoms with Crippen molar-refractivity contribution in [3.63, 3.8) is 0 Å². The molecule has 1 heterocycles. The van der Waals surface area contributed by atoms with E-state index in [1.54, 1.807) is 17.9 Å². The average Bonchev–Trinajstić information content (AvgIpc) is 2.45. The van der Waals surface area contributed by atoms with E-state index < -0.39 is 0 Å². The third-order valence-corrected chi connectivity index (χ3v) is 2.82. The zero-order valence-electron chi connectivity index (χ0n) is 12.1. The number of hydrogen-bond donors (Lipinski definition) is 2. The van der Waals surface area contributed by atoms with Crippen molar-refractivity contribution in [3.05, 3.63) is 23.0 Å². The molecule has 0 aliphatic carbocycles. The van der Waals surface area contributed by atoms with Crippen molar-refractivity contribution in [2.24, 2.45) is 10.9 Å². The van der Waals surface area contributed by atoms with Crippen LogP contribution in [0.1, 0.15) is 42.0 Å². The smallest absolute Gasteiger partial charge is 0.256 e. The first kappa shape index (κ1) is 15.9. The zero-order chi connectivity index (χ0) is 15.1. The third-order valence-electron chi connectivity index (χ3n) is 2.82. The van der Waals surface area contributed by atoms with Crippen LogP contribution in [0.2, 0.25) is 0 Å². The maximum atomic E-state index is 12.6. The maximum Gasteiger partial charge on any atom is 0.256 e. The van der Waals surface area contributed by atoms with Crippen molar-refractivity contribution in [1.29, 1.82) is 0 Å². The van der Waals surface area contributed by atoms with Gasteiger partial charge in [0.05, 0.1) is 23.5 Å². The second kappa shape index (κ2) is 7.42. The number of hydrogen-bond acceptors (Lipinski definition) is 5. The first-order valence-electron chi connectivity index (χ1n) is 6.62. The third kappa shape index (κ3) is 3.91. The lowest BCUT2D eigenvalue weighted by Gasteiger charge is -2.22. The molecule has 0 aliphatic rings. The van der Waals surface area contributed by atoms with E-state index in [2.05, 4.69) is 15.4 Å². The van der Waals surface area contributed by atoms with Crippen LogP contribution in [-0.2, 0) is 6.42 Å². The maximum absolute atomic E-state index is 12.6. The molecule has 0 bridgehead atoms. The number of carbonyl (C=O) groups excluding carboxylic acids is 1. The molecule has 1 aromatic heterocycles. The van der Waals surface area contributed by atoms with E-state index in [0.29, 0.717) is 29.9 Å². The lowest BCUT2D eigenvalue weighted by molar-refractivity contribution is 0.0776. The van der Waals surface area contributed by atoms with Crippen molar-refractivity contribution >= 4 is 11.7 Å². The average molecular weight is 279 g/mol. The molecule has 110 valence electrons. The van der Waals surface area contributed by atoms with Gasteiger partial charge in [-0.3, -0.25) is 4.79 Å². The van der Waals surface area contributed by atoms with Crippen LogP contribution in [0, 0.1) is 6.92 Å². The van der Waals surface area contributed by atoms with Gasteiger partial charge in [-0.15, -0.1) is 0 Å². The summed E-state index contributed by atoms with van der Waals surface area (Å²) in [5.74, 6) is -0.170. The number of nitrogens with zero attached hydrogens (tertiary/aromatic N) is 4. The van der Waals surface area contributed by atoms with Crippen LogP contribution < -0.4 is 5.73 Å². The van der Waals surface area contributed by atoms with Crippen LogP contribution >= 0.6 is 0 Å². The highest BCUT2D eigenvalue weighted by Crippen LogP contribution is 2.11. The molecule has 1 amide bonds. The topological polar surface area (TPSA) is 105 Å². The number of amidine groups is 1. The van der Waals surface area contributed by atoms with Crippen molar-refractivity contribution in [3.8, 4) is 0 Å². The fraction of sp³-hybridized carbons (Fsp3) is 0.538. The molecule has 0 aromatic carbocycles. The number of rotatable bonds is 6. The van der Waals surface area contributed by atoms with E-state index in [1.807, 2.05) is 13.8 Å². The minimum atomic E-state index is -0.173. The summed E-state index contributed by atoms with van der Waals surface area (Å²) in [5, 5.41) is 19.6. The molecule has 0 aliphatic heterocycles. The molecule has 20 heavy (non-hydrogen) atoms. The van der Waals surface area contributed by atoms with Gasteiger partial charge in [-0.1, -0.05) is 19.0 Å². The molecule has 0 unspecified atom stereocenters. The number of aryl methyl sites for hydroxylation is 2. The van der Waals surface area contributed by atoms with Crippen molar-refractivity contribution < 1.29 is 10.0 Å². The Bertz CT molecular complexity index is 502. The van der Waals surface area contributed by atoms with E-state index in [-0.39, 0.29) is 18.3 Å². The molecular formula is C13H21N5O2. The number of carbonyl (C=O) groups is 1. The zero-order valence-corrected chi connectivity index (χ0v) is 12.1. The van der Waals surface area contributed by atoms with Gasteiger partial charge in [0.15, 0.2) is 5.84 Å². The molecule has 0 saturated heterocycles. The van der Waals surface area contributed by atoms with Crippen LogP contribution in [0.3, 0.4) is 0 Å². The van der Waals surface area contributed by atoms with Crippen molar-refractivity contribution in [1.82, 2.24) is 15.1 Å². The van der Waals surface area contributed by atoms with Gasteiger partial charge in [-0.2, -0.15) is 10.2 Å². The summed E-state index contributed by atoms with van der Waals surface area (Å²) in [6, 6.07) is 1.73. The SMILES string of the molecule is CCCN(C/C(N)=N/O)C(=O)c1cc(C)nnc1CC. The Balaban J connectivity index is 3.08. The van der Waals surface area contributed by atoms with Crippen LogP contribution in [0.4, 0.5) is 0 Å². The fourth-order valence-corrected chi connectivity index (χ4v) is 1.88. The lowest BCUT2D eigenvalue weighted by atomic mass is 10.1. The Morgan fingerprint density at radius 2 is 2.15 bits per heavy atom. The normalized spacial score (nSPS) is 11.4. The van der Waals surface area contributed by atoms with Gasteiger partial charge in [0.2, 0.25) is 0 Å². The predicted molar refractivity (Wildman–Crippen MR) is 75.8 cm³/mol. The summed E-state index contributed by atoms with van der Waals surface area (Å²) in [7, 11) is 0. The van der Waals surface area contributed by atoms with Gasteiger partial charge >= 0.3 is 0 Å². The molecule has 3 N–H and O–H groups in total. The van der Waals surface area contributed by atoms with Gasteiger partial charge < -0.3 is 15.8 Å². The van der Waals surface area contributed by atoms with Crippen molar-refractivity contribution in [2.75, 3.05) is 13.1 Å². The molecule has 0 saturated carbocycles. The van der Waals surface area contributed by atoms with E-state index >= 15 is 0 Å². The summed E-state index contributed by atoms with van der Waals surface area (Å²) >= 11 is 0. The van der Waals surface area contributed by atoms with Crippen molar-refractivity contribution in [2.45, 2.75) is 33.6 Å². The minimum Gasteiger partial charge on any atom is -0.409 e. The van der Waals surface area contributed by atoms with E-state index in [9.17, 15) is 4.79 Å². The Labute approximate surface area is 118 Å². The summed E-state index contributed by atoms with van der Waals surface area (Å²) in [6.45, 7) is 6.29. The lowest BCUT2D eigenvalue weighted by Crippen LogP contribution is -2.39. The van der Waals surface area contributed by atoms with E-state index in [4.69, 9.17) is 10.9 Å². The quantitative estimate of drug-likeness (QED) is 0.349. The molecule has 0 radical (unpaired) electrons. The molecule has 0 fully saturated rings. The Morgan fingerprint density at radius 1 is 1.45 bits per heavy atom. The van der Waals surface area contributed by atoms with E-state index in [1.165, 1.54) is 0 Å². The van der Waals surface area contributed by atoms with Crippen LogP contribution in [-0.4, -0.2) is 45.1 Å². The number of aromatic nitrogens is 2. The Morgan fingerprint density at radius 3 is 2.70 bits per heavy atom. The summed E-state index contributed by atoms with van der Waals surface area (Å²) < 4.78 is 0. The largest absolute Gasteiger partial charge is 0.409 e. The van der Waals surface area contributed by atoms with E-state index in [0.717, 1.165) is 6.42 Å². The molecule has 0 spiro atoms. The first-order valence-corrected chi connectivity index (χ1v) is 6.62. The molecule has 1 rings (SSSR count). The van der Waals surface area contributed by atoms with Crippen LogP contribution in [0.5, 0.6) is 0 Å². The highest BCUT2D eigenvalue weighted by atomic mass is 16.4. The Hall–Kier alpha value is -2.18. The molecule has 1 aromatic rings. The molecule has 7 nitrogen and oxygen atoms in total. The van der Waals surface area contributed by atoms with Gasteiger partial charge in [0.1, 0.15) is 0 Å². The summed E-state index contributed by atoms with van der Waals surface area (Å²) in [6.07, 6.45) is 1.40. The van der Waals surface area contributed by atoms with Gasteiger partial charge in [0.25, 0.3) is 5.91 Å². The first-order chi connectivity index (χ1) is 9.53. The fourth-order valence-electron chi connectivity index (χ4n) is 1.88. The van der Waals surface area contributed by atoms with Gasteiger partial charge in [-0.25, -0.2) is 0 Å². The van der Waals surface area contributed by atoms with Gasteiger partial charge in [-0.05, 0) is 25.8 Å². The highest BCUT2D eigenvalue weighted by molar-refractivity contribution is 5.97. The Kier molecular flexibility index (Phi) is 5.89. The summed E-state index contributed by atoms with van der Waals surface area (Å²) in [4.78, 5) is 14.1. The minimum absolute atomic E-state index is 0.00332. The molecular weight excluding hydrogens is 258 g/mol. The second-order valence-electron chi connectivity index (χ2n) is 4.52. The number of amides is 1. The summed E-state index contributed by atoms with van der Waals surface area (Å²) in [5.41, 5.74) is 7.37. The number of oxime groups is 1.